The number of rotatable bonds is 6. The fourth-order valence-electron chi connectivity index (χ4n) is 2.32. The smallest absolute Gasteiger partial charge is 0.191 e. The molecule has 0 unspecified atom stereocenters. The first-order valence-corrected chi connectivity index (χ1v) is 8.97. The van der Waals surface area contributed by atoms with Crippen LogP contribution < -0.4 is 4.74 Å². The van der Waals surface area contributed by atoms with Gasteiger partial charge in [-0.3, -0.25) is 0 Å². The van der Waals surface area contributed by atoms with E-state index in [-0.39, 0.29) is 5.82 Å². The zero-order valence-electron chi connectivity index (χ0n) is 14.5. The highest BCUT2D eigenvalue weighted by Crippen LogP contribution is 2.22. The maximum Gasteiger partial charge on any atom is 0.191 e. The molecule has 25 heavy (non-hydrogen) atoms. The van der Waals surface area contributed by atoms with Crippen molar-refractivity contribution >= 4 is 11.8 Å². The number of hydrogen-bond acceptors (Lipinski definition) is 4. The molecule has 0 aliphatic rings. The molecule has 0 saturated carbocycles. The summed E-state index contributed by atoms with van der Waals surface area (Å²) in [6.07, 6.45) is 0. The van der Waals surface area contributed by atoms with Gasteiger partial charge in [0.25, 0.3) is 0 Å². The Labute approximate surface area is 151 Å². The lowest BCUT2D eigenvalue weighted by Gasteiger charge is -2.08. The second kappa shape index (κ2) is 7.70. The van der Waals surface area contributed by atoms with Gasteiger partial charge in [-0.2, -0.15) is 0 Å². The Kier molecular flexibility index (Phi) is 5.38. The first kappa shape index (κ1) is 17.5. The van der Waals surface area contributed by atoms with Gasteiger partial charge in [-0.25, -0.2) is 4.39 Å². The number of ether oxygens (including phenoxy) is 1. The van der Waals surface area contributed by atoms with Crippen LogP contribution in [-0.2, 0) is 19.4 Å². The summed E-state index contributed by atoms with van der Waals surface area (Å²) in [5.74, 6) is 1.99. The Morgan fingerprint density at radius 2 is 1.92 bits per heavy atom. The molecule has 0 bridgehead atoms. The third-order valence-electron chi connectivity index (χ3n) is 4.03. The van der Waals surface area contributed by atoms with Crippen molar-refractivity contribution in [3.8, 4) is 5.75 Å². The van der Waals surface area contributed by atoms with Gasteiger partial charge in [-0.1, -0.05) is 30.0 Å². The summed E-state index contributed by atoms with van der Waals surface area (Å²) >= 11 is 1.52. The van der Waals surface area contributed by atoms with Crippen LogP contribution in [0.1, 0.15) is 22.5 Å². The van der Waals surface area contributed by atoms with Crippen molar-refractivity contribution in [1.82, 2.24) is 14.8 Å². The number of halogens is 1. The molecule has 0 fully saturated rings. The Morgan fingerprint density at radius 1 is 1.08 bits per heavy atom. The lowest BCUT2D eigenvalue weighted by atomic mass is 10.1. The Morgan fingerprint density at radius 3 is 2.68 bits per heavy atom. The fraction of sp³-hybridized carbons (Fsp3) is 0.263. The maximum atomic E-state index is 13.2. The summed E-state index contributed by atoms with van der Waals surface area (Å²) in [7, 11) is 1.91. The summed E-state index contributed by atoms with van der Waals surface area (Å²) in [5.41, 5.74) is 3.35. The first-order chi connectivity index (χ1) is 12.0. The number of benzene rings is 2. The fourth-order valence-corrected chi connectivity index (χ4v) is 3.20. The number of nitrogens with zero attached hydrogens (tertiary/aromatic N) is 3. The molecule has 0 spiro atoms. The van der Waals surface area contributed by atoms with Crippen molar-refractivity contribution in [1.29, 1.82) is 0 Å². The standard InChI is InChI=1S/C19H20FN3OS/c1-13-7-8-17(9-14(13)2)24-11-18-21-22-19(23(18)3)25-12-15-5-4-6-16(20)10-15/h4-10H,11-12H2,1-3H3. The van der Waals surface area contributed by atoms with Gasteiger partial charge in [0.15, 0.2) is 11.0 Å². The van der Waals surface area contributed by atoms with E-state index in [0.29, 0.717) is 12.4 Å². The van der Waals surface area contributed by atoms with Crippen molar-refractivity contribution in [3.63, 3.8) is 0 Å². The summed E-state index contributed by atoms with van der Waals surface area (Å²) in [6.45, 7) is 4.49. The minimum atomic E-state index is -0.224. The monoisotopic (exact) mass is 357 g/mol. The molecule has 6 heteroatoms. The van der Waals surface area contributed by atoms with Crippen LogP contribution >= 0.6 is 11.8 Å². The van der Waals surface area contributed by atoms with E-state index >= 15 is 0 Å². The van der Waals surface area contributed by atoms with Crippen molar-refractivity contribution in [2.75, 3.05) is 0 Å². The number of aryl methyl sites for hydroxylation is 2. The lowest BCUT2D eigenvalue weighted by molar-refractivity contribution is 0.290. The van der Waals surface area contributed by atoms with Crippen LogP contribution in [0.5, 0.6) is 5.75 Å². The second-order valence-electron chi connectivity index (χ2n) is 5.91. The molecule has 1 aromatic heterocycles. The quantitative estimate of drug-likeness (QED) is 0.612. The van der Waals surface area contributed by atoms with Gasteiger partial charge < -0.3 is 9.30 Å². The normalized spacial score (nSPS) is 10.9. The molecule has 3 rings (SSSR count). The highest BCUT2D eigenvalue weighted by atomic mass is 32.2. The van der Waals surface area contributed by atoms with Crippen LogP contribution in [0.3, 0.4) is 0 Å². The van der Waals surface area contributed by atoms with Gasteiger partial charge in [-0.15, -0.1) is 10.2 Å². The van der Waals surface area contributed by atoms with E-state index < -0.39 is 0 Å². The molecule has 1 heterocycles. The number of aromatic nitrogens is 3. The molecule has 0 aliphatic heterocycles. The largest absolute Gasteiger partial charge is 0.486 e. The van der Waals surface area contributed by atoms with Gasteiger partial charge in [0.1, 0.15) is 18.2 Å². The summed E-state index contributed by atoms with van der Waals surface area (Å²) in [5, 5.41) is 9.17. The molecule has 0 saturated heterocycles. The van der Waals surface area contributed by atoms with E-state index in [0.717, 1.165) is 22.3 Å². The van der Waals surface area contributed by atoms with Crippen molar-refractivity contribution in [2.45, 2.75) is 31.4 Å². The topological polar surface area (TPSA) is 39.9 Å². The average molecular weight is 357 g/mol. The number of hydrogen-bond donors (Lipinski definition) is 0. The molecule has 2 aromatic carbocycles. The van der Waals surface area contributed by atoms with E-state index in [2.05, 4.69) is 24.0 Å². The van der Waals surface area contributed by atoms with Gasteiger partial charge in [0.05, 0.1) is 0 Å². The molecule has 0 radical (unpaired) electrons. The van der Waals surface area contributed by atoms with Crippen LogP contribution in [-0.4, -0.2) is 14.8 Å². The van der Waals surface area contributed by atoms with Crippen LogP contribution in [0.4, 0.5) is 4.39 Å². The van der Waals surface area contributed by atoms with Gasteiger partial charge in [0.2, 0.25) is 0 Å². The van der Waals surface area contributed by atoms with Crippen LogP contribution in [0.2, 0.25) is 0 Å². The summed E-state index contributed by atoms with van der Waals surface area (Å²) in [4.78, 5) is 0. The van der Waals surface area contributed by atoms with Crippen LogP contribution in [0.25, 0.3) is 0 Å². The minimum Gasteiger partial charge on any atom is -0.486 e. The second-order valence-corrected chi connectivity index (χ2v) is 6.85. The minimum absolute atomic E-state index is 0.224. The zero-order valence-corrected chi connectivity index (χ0v) is 15.3. The van der Waals surface area contributed by atoms with Gasteiger partial charge in [0, 0.05) is 12.8 Å². The van der Waals surface area contributed by atoms with E-state index in [9.17, 15) is 4.39 Å². The predicted molar refractivity (Wildman–Crippen MR) is 97.2 cm³/mol. The Bertz CT molecular complexity index is 879. The predicted octanol–water partition coefficient (Wildman–Crippen LogP) is 4.44. The molecule has 3 aromatic rings. The van der Waals surface area contributed by atoms with E-state index in [1.165, 1.54) is 35.0 Å². The highest BCUT2D eigenvalue weighted by Gasteiger charge is 2.10. The summed E-state index contributed by atoms with van der Waals surface area (Å²) < 4.78 is 21.0. The highest BCUT2D eigenvalue weighted by molar-refractivity contribution is 7.98. The van der Waals surface area contributed by atoms with E-state index in [4.69, 9.17) is 4.74 Å². The first-order valence-electron chi connectivity index (χ1n) is 7.98. The lowest BCUT2D eigenvalue weighted by Crippen LogP contribution is -2.04. The molecule has 130 valence electrons. The number of thioether (sulfide) groups is 1. The molecular formula is C19H20FN3OS. The molecular weight excluding hydrogens is 337 g/mol. The SMILES string of the molecule is Cc1ccc(OCc2nnc(SCc3cccc(F)c3)n2C)cc1C. The van der Waals surface area contributed by atoms with Gasteiger partial charge in [-0.05, 0) is 54.8 Å². The maximum absolute atomic E-state index is 13.2. The molecule has 0 amide bonds. The van der Waals surface area contributed by atoms with Crippen molar-refractivity contribution in [3.05, 3.63) is 70.8 Å². The van der Waals surface area contributed by atoms with Crippen LogP contribution in [0, 0.1) is 19.7 Å². The van der Waals surface area contributed by atoms with Crippen LogP contribution in [0.15, 0.2) is 47.6 Å². The molecule has 0 aliphatic carbocycles. The third kappa shape index (κ3) is 4.39. The molecule has 4 nitrogen and oxygen atoms in total. The van der Waals surface area contributed by atoms with E-state index in [1.54, 1.807) is 6.07 Å². The molecule has 0 N–H and O–H groups in total. The zero-order chi connectivity index (χ0) is 17.8. The average Bonchev–Trinajstić information content (AvgIpc) is 2.94. The van der Waals surface area contributed by atoms with Crippen molar-refractivity contribution < 1.29 is 9.13 Å². The Hall–Kier alpha value is -2.34. The summed E-state index contributed by atoms with van der Waals surface area (Å²) in [6, 6.07) is 12.6. The van der Waals surface area contributed by atoms with Crippen molar-refractivity contribution in [2.24, 2.45) is 7.05 Å². The van der Waals surface area contributed by atoms with Gasteiger partial charge >= 0.3 is 0 Å². The molecule has 0 atom stereocenters. The Balaban J connectivity index is 1.61. The van der Waals surface area contributed by atoms with E-state index in [1.807, 2.05) is 35.9 Å². The third-order valence-corrected chi connectivity index (χ3v) is 5.12.